The minimum atomic E-state index is 1.01. The van der Waals surface area contributed by atoms with Crippen molar-refractivity contribution in [2.45, 2.75) is 58.4 Å². The van der Waals surface area contributed by atoms with E-state index >= 15 is 0 Å². The van der Waals surface area contributed by atoms with Gasteiger partial charge in [-0.25, -0.2) is 0 Å². The third-order valence-electron chi connectivity index (χ3n) is 2.93. The molecule has 0 spiro atoms. The van der Waals surface area contributed by atoms with Crippen LogP contribution in [0.4, 0.5) is 0 Å². The highest BCUT2D eigenvalue weighted by Crippen LogP contribution is 2.22. The van der Waals surface area contributed by atoms with E-state index in [9.17, 15) is 0 Å². The van der Waals surface area contributed by atoms with Crippen LogP contribution in [-0.4, -0.2) is 6.54 Å². The van der Waals surface area contributed by atoms with Crippen molar-refractivity contribution in [2.75, 3.05) is 6.54 Å². The molecule has 0 unspecified atom stereocenters. The third-order valence-corrected chi connectivity index (χ3v) is 4.86. The average molecular weight is 318 g/mol. The van der Waals surface area contributed by atoms with Crippen LogP contribution >= 0.6 is 27.3 Å². The molecule has 0 amide bonds. The van der Waals surface area contributed by atoms with E-state index in [0.717, 1.165) is 13.1 Å². The number of nitrogens with one attached hydrogen (secondary N) is 1. The van der Waals surface area contributed by atoms with Crippen molar-refractivity contribution in [3.63, 3.8) is 0 Å². The number of thiophene rings is 1. The fourth-order valence-electron chi connectivity index (χ4n) is 1.86. The predicted octanol–water partition coefficient (Wildman–Crippen LogP) is 5.35. The van der Waals surface area contributed by atoms with Crippen molar-refractivity contribution in [3.8, 4) is 0 Å². The Kier molecular flexibility index (Phi) is 9.03. The maximum absolute atomic E-state index is 3.55. The van der Waals surface area contributed by atoms with Gasteiger partial charge in [0.1, 0.15) is 0 Å². The van der Waals surface area contributed by atoms with Crippen LogP contribution in [0.5, 0.6) is 0 Å². The van der Waals surface area contributed by atoms with Crippen LogP contribution in [0.25, 0.3) is 0 Å². The van der Waals surface area contributed by atoms with Gasteiger partial charge in [-0.3, -0.25) is 0 Å². The Morgan fingerprint density at radius 1 is 1.12 bits per heavy atom. The molecule has 1 nitrogen and oxygen atoms in total. The van der Waals surface area contributed by atoms with E-state index in [-0.39, 0.29) is 0 Å². The third kappa shape index (κ3) is 7.22. The van der Waals surface area contributed by atoms with Gasteiger partial charge in [-0.15, -0.1) is 11.3 Å². The lowest BCUT2D eigenvalue weighted by Crippen LogP contribution is -2.13. The van der Waals surface area contributed by atoms with Gasteiger partial charge < -0.3 is 5.32 Å². The van der Waals surface area contributed by atoms with Crippen LogP contribution in [0.2, 0.25) is 0 Å². The number of halogens is 1. The molecule has 0 aromatic carbocycles. The zero-order valence-corrected chi connectivity index (χ0v) is 13.2. The van der Waals surface area contributed by atoms with Crippen LogP contribution in [-0.2, 0) is 6.54 Å². The van der Waals surface area contributed by atoms with Crippen LogP contribution in [0, 0.1) is 0 Å². The molecule has 17 heavy (non-hydrogen) atoms. The highest BCUT2D eigenvalue weighted by Gasteiger charge is 1.99. The first-order valence-corrected chi connectivity index (χ1v) is 8.44. The monoisotopic (exact) mass is 317 g/mol. The lowest BCUT2D eigenvalue weighted by atomic mass is 10.1. The molecule has 0 atom stereocenters. The summed E-state index contributed by atoms with van der Waals surface area (Å²) < 4.78 is 1.24. The molecule has 0 saturated carbocycles. The minimum absolute atomic E-state index is 1.01. The van der Waals surface area contributed by atoms with Crippen molar-refractivity contribution >= 4 is 27.3 Å². The summed E-state index contributed by atoms with van der Waals surface area (Å²) in [5.74, 6) is 0. The summed E-state index contributed by atoms with van der Waals surface area (Å²) in [4.78, 5) is 1.41. The summed E-state index contributed by atoms with van der Waals surface area (Å²) in [6.45, 7) is 4.43. The molecule has 0 aliphatic heterocycles. The van der Waals surface area contributed by atoms with Gasteiger partial charge in [0.05, 0.1) is 0 Å². The Bertz CT molecular complexity index is 286. The normalized spacial score (nSPS) is 10.9. The second kappa shape index (κ2) is 10.1. The molecule has 0 aliphatic carbocycles. The van der Waals surface area contributed by atoms with E-state index in [0.29, 0.717) is 0 Å². The second-order valence-corrected chi connectivity index (χ2v) is 6.34. The molecule has 0 fully saturated rings. The van der Waals surface area contributed by atoms with Gasteiger partial charge in [-0.05, 0) is 40.3 Å². The first-order chi connectivity index (χ1) is 8.34. The van der Waals surface area contributed by atoms with Gasteiger partial charge in [-0.2, -0.15) is 0 Å². The molecule has 1 heterocycles. The molecule has 0 saturated heterocycles. The van der Waals surface area contributed by atoms with Crippen molar-refractivity contribution in [2.24, 2.45) is 0 Å². The molecular formula is C14H24BrNS. The lowest BCUT2D eigenvalue weighted by molar-refractivity contribution is 0.563. The topological polar surface area (TPSA) is 12.0 Å². The number of rotatable bonds is 10. The van der Waals surface area contributed by atoms with Crippen molar-refractivity contribution < 1.29 is 0 Å². The predicted molar refractivity (Wildman–Crippen MR) is 81.7 cm³/mol. The first-order valence-electron chi connectivity index (χ1n) is 6.77. The molecule has 1 N–H and O–H groups in total. The van der Waals surface area contributed by atoms with Gasteiger partial charge >= 0.3 is 0 Å². The van der Waals surface area contributed by atoms with Crippen LogP contribution in [0.15, 0.2) is 15.9 Å². The van der Waals surface area contributed by atoms with Crippen molar-refractivity contribution in [1.29, 1.82) is 0 Å². The smallest absolute Gasteiger partial charge is 0.0327 e. The van der Waals surface area contributed by atoms with Crippen molar-refractivity contribution in [1.82, 2.24) is 5.32 Å². The van der Waals surface area contributed by atoms with E-state index < -0.39 is 0 Å². The van der Waals surface area contributed by atoms with Gasteiger partial charge in [-0.1, -0.05) is 45.4 Å². The second-order valence-electron chi connectivity index (χ2n) is 4.49. The summed E-state index contributed by atoms with van der Waals surface area (Å²) in [6, 6.07) is 2.12. The average Bonchev–Trinajstić information content (AvgIpc) is 2.73. The molecule has 0 bridgehead atoms. The molecule has 1 rings (SSSR count). The Morgan fingerprint density at radius 2 is 1.82 bits per heavy atom. The maximum atomic E-state index is 3.55. The summed E-state index contributed by atoms with van der Waals surface area (Å²) in [5, 5.41) is 5.64. The van der Waals surface area contributed by atoms with Gasteiger partial charge in [0.2, 0.25) is 0 Å². The molecule has 0 radical (unpaired) electrons. The Labute approximate surface area is 118 Å². The van der Waals surface area contributed by atoms with Crippen LogP contribution in [0.3, 0.4) is 0 Å². The van der Waals surface area contributed by atoms with E-state index in [4.69, 9.17) is 0 Å². The lowest BCUT2D eigenvalue weighted by Gasteiger charge is -2.04. The van der Waals surface area contributed by atoms with Gasteiger partial charge in [0.15, 0.2) is 0 Å². The zero-order chi connectivity index (χ0) is 12.3. The summed E-state index contributed by atoms with van der Waals surface area (Å²) in [7, 11) is 0. The number of hydrogen-bond acceptors (Lipinski definition) is 2. The highest BCUT2D eigenvalue weighted by atomic mass is 79.9. The van der Waals surface area contributed by atoms with E-state index in [1.54, 1.807) is 0 Å². The zero-order valence-electron chi connectivity index (χ0n) is 10.8. The molecule has 1 aromatic rings. The summed E-state index contributed by atoms with van der Waals surface area (Å²) in [5.41, 5.74) is 0. The number of hydrogen-bond donors (Lipinski definition) is 1. The Balaban J connectivity index is 1.86. The van der Waals surface area contributed by atoms with E-state index in [1.165, 1.54) is 54.3 Å². The minimum Gasteiger partial charge on any atom is -0.312 e. The Hall–Kier alpha value is 0.140. The van der Waals surface area contributed by atoms with Gasteiger partial charge in [0.25, 0.3) is 0 Å². The molecule has 98 valence electrons. The fourth-order valence-corrected chi connectivity index (χ4v) is 3.32. The van der Waals surface area contributed by atoms with Crippen molar-refractivity contribution in [3.05, 3.63) is 20.8 Å². The quantitative estimate of drug-likeness (QED) is 0.573. The molecule has 3 heteroatoms. The maximum Gasteiger partial charge on any atom is 0.0327 e. The van der Waals surface area contributed by atoms with E-state index in [2.05, 4.69) is 39.6 Å². The standard InChI is InChI=1S/C14H24BrNS/c1-2-3-4-5-6-7-8-10-16-12-14-13(15)9-11-17-14/h9,11,16H,2-8,10,12H2,1H3. The first kappa shape index (κ1) is 15.2. The van der Waals surface area contributed by atoms with Crippen LogP contribution < -0.4 is 5.32 Å². The largest absolute Gasteiger partial charge is 0.312 e. The molecular weight excluding hydrogens is 294 g/mol. The summed E-state index contributed by atoms with van der Waals surface area (Å²) in [6.07, 6.45) is 9.69. The molecule has 0 aliphatic rings. The van der Waals surface area contributed by atoms with Crippen LogP contribution in [0.1, 0.15) is 56.7 Å². The summed E-state index contributed by atoms with van der Waals surface area (Å²) >= 11 is 5.37. The molecule has 1 aromatic heterocycles. The van der Waals surface area contributed by atoms with E-state index in [1.807, 2.05) is 11.3 Å². The highest BCUT2D eigenvalue weighted by molar-refractivity contribution is 9.10. The number of unbranched alkanes of at least 4 members (excludes halogenated alkanes) is 6. The Morgan fingerprint density at radius 3 is 2.47 bits per heavy atom. The van der Waals surface area contributed by atoms with Gasteiger partial charge in [0, 0.05) is 15.9 Å². The SMILES string of the molecule is CCCCCCCCCNCc1sccc1Br. The fraction of sp³-hybridized carbons (Fsp3) is 0.714.